The molecule has 1 aromatic rings. The lowest BCUT2D eigenvalue weighted by molar-refractivity contribution is -0.160. The Kier molecular flexibility index (Phi) is 11.0. The number of epoxide rings is 1. The van der Waals surface area contributed by atoms with Crippen molar-refractivity contribution in [3.05, 3.63) is 46.5 Å². The van der Waals surface area contributed by atoms with Crippen molar-refractivity contribution in [2.75, 3.05) is 33.2 Å². The molecular weight excluding hydrogens is 634 g/mol. The van der Waals surface area contributed by atoms with E-state index in [9.17, 15) is 24.3 Å². The van der Waals surface area contributed by atoms with Crippen molar-refractivity contribution < 1.29 is 48.0 Å². The van der Waals surface area contributed by atoms with E-state index in [4.69, 9.17) is 35.3 Å². The quantitative estimate of drug-likeness (QED) is 0.261. The van der Waals surface area contributed by atoms with E-state index in [1.807, 2.05) is 13.0 Å². The number of benzene rings is 1. The fraction of sp³-hybridized carbons (Fsp3) is 0.576. The summed E-state index contributed by atoms with van der Waals surface area (Å²) < 4.78 is 28.8. The van der Waals surface area contributed by atoms with Crippen molar-refractivity contribution in [1.29, 1.82) is 0 Å². The molecule has 0 spiro atoms. The van der Waals surface area contributed by atoms with Crippen LogP contribution in [0.25, 0.3) is 0 Å². The summed E-state index contributed by atoms with van der Waals surface area (Å²) in [4.78, 5) is 53.7. The number of aliphatic hydroxyl groups is 1. The number of methoxy groups -OCH3 is 2. The summed E-state index contributed by atoms with van der Waals surface area (Å²) in [5.41, 5.74) is -0.866. The molecule has 1 aromatic carbocycles. The number of nitrogens with zero attached hydrogens (tertiary/aromatic N) is 2. The molecule has 8 atom stereocenters. The highest BCUT2D eigenvalue weighted by Gasteiger charge is 2.64. The summed E-state index contributed by atoms with van der Waals surface area (Å²) in [5.74, 6) is -1.30. The van der Waals surface area contributed by atoms with Crippen LogP contribution in [0.1, 0.15) is 46.1 Å². The second-order valence-electron chi connectivity index (χ2n) is 12.7. The molecule has 3 heterocycles. The van der Waals surface area contributed by atoms with Gasteiger partial charge in [-0.2, -0.15) is 0 Å². The Balaban J connectivity index is 1.80. The van der Waals surface area contributed by atoms with Gasteiger partial charge in [0.05, 0.1) is 25.3 Å². The SMILES string of the molecule is COc1cc2cc(c1Cl)N(C)C(=O)CC(OC(=O)C(C)N(C)C=O)C1(C)OC1C(C)C1CC(O)(NC(=O)O1)C(OC)/C=C/C=C(\C)C2. The van der Waals surface area contributed by atoms with Crippen molar-refractivity contribution >= 4 is 41.7 Å². The van der Waals surface area contributed by atoms with E-state index in [0.29, 0.717) is 24.3 Å². The topological polar surface area (TPSA) is 156 Å². The minimum atomic E-state index is -1.81. The molecule has 3 aliphatic rings. The molecule has 4 rings (SSSR count). The smallest absolute Gasteiger partial charge is 0.409 e. The van der Waals surface area contributed by atoms with Crippen LogP contribution in [-0.2, 0) is 39.8 Å². The zero-order valence-electron chi connectivity index (χ0n) is 27.9. The highest BCUT2D eigenvalue weighted by Crippen LogP contribution is 2.49. The molecule has 0 aromatic heterocycles. The van der Waals surface area contributed by atoms with E-state index in [1.54, 1.807) is 45.2 Å². The Morgan fingerprint density at radius 2 is 2.00 bits per heavy atom. The van der Waals surface area contributed by atoms with Crippen LogP contribution < -0.4 is 15.0 Å². The summed E-state index contributed by atoms with van der Waals surface area (Å²) in [5, 5.41) is 14.4. The Morgan fingerprint density at radius 3 is 2.64 bits per heavy atom. The summed E-state index contributed by atoms with van der Waals surface area (Å²) in [6.07, 6.45) is 1.53. The maximum Gasteiger partial charge on any atom is 0.409 e. The van der Waals surface area contributed by atoms with Crippen LogP contribution in [0.15, 0.2) is 35.9 Å². The maximum atomic E-state index is 13.9. The standard InChI is InChI=1S/C33H44ClN3O10/c1-18-10-9-11-25(44-8)33(42)16-24(45-31(41)35-33)19(2)29-32(4,47-29)26(46-30(40)20(3)36(5)17-38)15-27(39)37(6)22-13-21(12-18)14-23(43-7)28(22)34/h9-11,13-14,17,19-20,24-26,29,42H,12,15-16H2,1-8H3,(H,35,41)/b11-9+,18-10+. The first kappa shape index (κ1) is 36.2. The number of amides is 3. The van der Waals surface area contributed by atoms with Crippen molar-refractivity contribution in [2.45, 2.75) is 88.7 Å². The number of nitrogens with one attached hydrogen (secondary N) is 1. The van der Waals surface area contributed by atoms with Gasteiger partial charge < -0.3 is 38.6 Å². The van der Waals surface area contributed by atoms with E-state index in [1.165, 1.54) is 33.1 Å². The molecule has 4 bridgehead atoms. The van der Waals surface area contributed by atoms with E-state index in [-0.39, 0.29) is 17.9 Å². The number of alkyl carbamates (subject to hydrolysis) is 1. The first-order valence-corrected chi connectivity index (χ1v) is 15.7. The molecule has 47 heavy (non-hydrogen) atoms. The third kappa shape index (κ3) is 7.58. The van der Waals surface area contributed by atoms with E-state index in [2.05, 4.69) is 5.32 Å². The molecule has 258 valence electrons. The zero-order valence-corrected chi connectivity index (χ0v) is 28.7. The van der Waals surface area contributed by atoms with Gasteiger partial charge in [-0.25, -0.2) is 9.59 Å². The number of ether oxygens (including phenoxy) is 5. The maximum absolute atomic E-state index is 13.9. The Labute approximate surface area is 279 Å². The predicted molar refractivity (Wildman–Crippen MR) is 172 cm³/mol. The first-order valence-electron chi connectivity index (χ1n) is 15.3. The van der Waals surface area contributed by atoms with Gasteiger partial charge in [-0.15, -0.1) is 0 Å². The van der Waals surface area contributed by atoms with Crippen LogP contribution in [0.2, 0.25) is 5.02 Å². The van der Waals surface area contributed by atoms with Gasteiger partial charge >= 0.3 is 12.1 Å². The highest BCUT2D eigenvalue weighted by atomic mass is 35.5. The van der Waals surface area contributed by atoms with E-state index in [0.717, 1.165) is 16.0 Å². The lowest BCUT2D eigenvalue weighted by atomic mass is 9.83. The third-order valence-corrected chi connectivity index (χ3v) is 9.71. The average molecular weight is 678 g/mol. The number of likely N-dealkylation sites (N-methyl/N-ethyl adjacent to an activating group) is 1. The van der Waals surface area contributed by atoms with Crippen molar-refractivity contribution in [2.24, 2.45) is 5.92 Å². The number of hydrogen-bond donors (Lipinski definition) is 2. The van der Waals surface area contributed by atoms with Gasteiger partial charge in [0.15, 0.2) is 5.72 Å². The van der Waals surface area contributed by atoms with Gasteiger partial charge in [-0.1, -0.05) is 42.3 Å². The van der Waals surface area contributed by atoms with Crippen LogP contribution in [-0.4, -0.2) is 104 Å². The fourth-order valence-electron chi connectivity index (χ4n) is 6.10. The molecule has 3 amide bonds. The molecule has 3 aliphatic heterocycles. The minimum Gasteiger partial charge on any atom is -0.495 e. The number of carbonyl (C=O) groups excluding carboxylic acids is 4. The number of allylic oxidation sites excluding steroid dienone is 3. The van der Waals surface area contributed by atoms with Gasteiger partial charge in [0.25, 0.3) is 0 Å². The number of esters is 1. The number of anilines is 1. The van der Waals surface area contributed by atoms with E-state index >= 15 is 0 Å². The van der Waals surface area contributed by atoms with Gasteiger partial charge in [-0.05, 0) is 44.9 Å². The Morgan fingerprint density at radius 1 is 1.30 bits per heavy atom. The molecule has 14 heteroatoms. The van der Waals surface area contributed by atoms with Crippen LogP contribution in [0, 0.1) is 5.92 Å². The van der Waals surface area contributed by atoms with Crippen LogP contribution in [0.3, 0.4) is 0 Å². The van der Waals surface area contributed by atoms with Gasteiger partial charge in [0.2, 0.25) is 12.3 Å². The lowest BCUT2D eigenvalue weighted by Crippen LogP contribution is -2.63. The molecule has 0 aliphatic carbocycles. The zero-order chi connectivity index (χ0) is 34.8. The normalized spacial score (nSPS) is 33.6. The Bertz CT molecular complexity index is 1450. The second-order valence-corrected chi connectivity index (χ2v) is 13.0. The second kappa shape index (κ2) is 14.2. The van der Waals surface area contributed by atoms with Crippen LogP contribution in [0.4, 0.5) is 10.5 Å². The van der Waals surface area contributed by atoms with Crippen molar-refractivity contribution in [3.8, 4) is 5.75 Å². The van der Waals surface area contributed by atoms with Crippen molar-refractivity contribution in [1.82, 2.24) is 10.2 Å². The molecular formula is C33H44ClN3O10. The Hall–Kier alpha value is -3.65. The largest absolute Gasteiger partial charge is 0.495 e. The van der Waals surface area contributed by atoms with Gasteiger partial charge in [0.1, 0.15) is 40.7 Å². The van der Waals surface area contributed by atoms with Gasteiger partial charge in [-0.3, -0.25) is 14.9 Å². The monoisotopic (exact) mass is 677 g/mol. The fourth-order valence-corrected chi connectivity index (χ4v) is 6.41. The highest BCUT2D eigenvalue weighted by molar-refractivity contribution is 6.35. The number of fused-ring (bicyclic) bond motifs is 5. The lowest BCUT2D eigenvalue weighted by Gasteiger charge is -2.42. The number of rotatable bonds is 6. The predicted octanol–water partition coefficient (Wildman–Crippen LogP) is 3.14. The van der Waals surface area contributed by atoms with Gasteiger partial charge in [0, 0.05) is 33.5 Å². The van der Waals surface area contributed by atoms with Crippen LogP contribution >= 0.6 is 11.6 Å². The first-order chi connectivity index (χ1) is 22.1. The molecule has 2 N–H and O–H groups in total. The van der Waals surface area contributed by atoms with Crippen molar-refractivity contribution in [3.63, 3.8) is 0 Å². The number of hydrogen-bond acceptors (Lipinski definition) is 10. The van der Waals surface area contributed by atoms with E-state index < -0.39 is 65.7 Å². The van der Waals surface area contributed by atoms with Crippen LogP contribution in [0.5, 0.6) is 5.75 Å². The summed E-state index contributed by atoms with van der Waals surface area (Å²) in [6, 6.07) is 2.63. The molecule has 0 saturated carbocycles. The summed E-state index contributed by atoms with van der Waals surface area (Å²) in [7, 11) is 5.92. The average Bonchev–Trinajstić information content (AvgIpc) is 3.73. The molecule has 2 fully saturated rings. The summed E-state index contributed by atoms with van der Waals surface area (Å²) >= 11 is 6.69. The molecule has 8 unspecified atom stereocenters. The number of carbonyl (C=O) groups is 4. The summed E-state index contributed by atoms with van der Waals surface area (Å²) in [6.45, 7) is 6.92. The molecule has 0 radical (unpaired) electrons. The molecule has 2 saturated heterocycles. The third-order valence-electron chi connectivity index (χ3n) is 9.33. The molecule has 13 nitrogen and oxygen atoms in total. The minimum absolute atomic E-state index is 0.0429. The number of halogens is 1.